The van der Waals surface area contributed by atoms with E-state index >= 15 is 0 Å². The Morgan fingerprint density at radius 2 is 2.00 bits per heavy atom. The summed E-state index contributed by atoms with van der Waals surface area (Å²) in [6.07, 6.45) is 3.01. The number of rotatable bonds is 6. The highest BCUT2D eigenvalue weighted by atomic mass is 35.5. The van der Waals surface area contributed by atoms with Gasteiger partial charge in [-0.3, -0.25) is 4.98 Å². The maximum atomic E-state index is 14.2. The molecular weight excluding hydrogens is 415 g/mol. The highest BCUT2D eigenvalue weighted by molar-refractivity contribution is 7.89. The van der Waals surface area contributed by atoms with Gasteiger partial charge in [0.1, 0.15) is 5.83 Å². The van der Waals surface area contributed by atoms with Crippen molar-refractivity contribution in [2.45, 2.75) is 18.4 Å². The molecule has 0 aliphatic carbocycles. The van der Waals surface area contributed by atoms with Gasteiger partial charge in [-0.05, 0) is 42.8 Å². The lowest BCUT2D eigenvalue weighted by atomic mass is 10.1. The molecule has 156 valence electrons. The van der Waals surface area contributed by atoms with Gasteiger partial charge in [-0.2, -0.15) is 0 Å². The minimum absolute atomic E-state index is 0. The van der Waals surface area contributed by atoms with E-state index in [9.17, 15) is 12.8 Å². The number of hydrogen-bond acceptors (Lipinski definition) is 4. The Kier molecular flexibility index (Phi) is 7.18. The smallest absolute Gasteiger partial charge is 0.242 e. The van der Waals surface area contributed by atoms with E-state index in [0.717, 1.165) is 16.8 Å². The molecule has 0 saturated carbocycles. The molecule has 0 radical (unpaired) electrons. The van der Waals surface area contributed by atoms with Crippen molar-refractivity contribution in [1.29, 1.82) is 0 Å². The summed E-state index contributed by atoms with van der Waals surface area (Å²) in [4.78, 5) is 4.67. The van der Waals surface area contributed by atoms with E-state index in [1.165, 1.54) is 24.5 Å². The van der Waals surface area contributed by atoms with Crippen LogP contribution in [0.25, 0.3) is 22.2 Å². The Hall–Kier alpha value is -2.26. The standard InChI is InChI=1S/C20H23FN4O2S.ClH/c1-14-19(15-6-4-7-17(12-15)28(26,27)24(2)3)20-18(8-5-11-23-20)25(14)13-16(21)9-10-22;/h4-9,11-12H,10,13,22H2,1-3H3;1H. The van der Waals surface area contributed by atoms with Crippen molar-refractivity contribution in [1.82, 2.24) is 13.9 Å². The fourth-order valence-electron chi connectivity index (χ4n) is 3.21. The summed E-state index contributed by atoms with van der Waals surface area (Å²) in [5, 5.41) is 0. The third-order valence-corrected chi connectivity index (χ3v) is 6.44. The Balaban J connectivity index is 0.00000300. The van der Waals surface area contributed by atoms with E-state index in [-0.39, 0.29) is 36.2 Å². The molecule has 0 bridgehead atoms. The van der Waals surface area contributed by atoms with E-state index in [0.29, 0.717) is 11.1 Å². The number of halogens is 2. The van der Waals surface area contributed by atoms with E-state index in [1.54, 1.807) is 30.5 Å². The monoisotopic (exact) mass is 438 g/mol. The van der Waals surface area contributed by atoms with Gasteiger partial charge in [-0.1, -0.05) is 12.1 Å². The summed E-state index contributed by atoms with van der Waals surface area (Å²) in [6.45, 7) is 2.04. The highest BCUT2D eigenvalue weighted by Gasteiger charge is 2.21. The van der Waals surface area contributed by atoms with Crippen molar-refractivity contribution >= 4 is 33.5 Å². The predicted octanol–water partition coefficient (Wildman–Crippen LogP) is 3.50. The predicted molar refractivity (Wildman–Crippen MR) is 116 cm³/mol. The zero-order valence-electron chi connectivity index (χ0n) is 16.5. The molecule has 6 nitrogen and oxygen atoms in total. The summed E-state index contributed by atoms with van der Waals surface area (Å²) < 4.78 is 42.2. The van der Waals surface area contributed by atoms with E-state index in [4.69, 9.17) is 5.73 Å². The summed E-state index contributed by atoms with van der Waals surface area (Å²) in [5.74, 6) is -0.332. The van der Waals surface area contributed by atoms with Gasteiger partial charge in [-0.15, -0.1) is 12.4 Å². The van der Waals surface area contributed by atoms with Crippen molar-refractivity contribution < 1.29 is 12.8 Å². The van der Waals surface area contributed by atoms with Gasteiger partial charge >= 0.3 is 0 Å². The number of aromatic nitrogens is 2. The number of fused-ring (bicyclic) bond motifs is 1. The van der Waals surface area contributed by atoms with Gasteiger partial charge < -0.3 is 10.3 Å². The van der Waals surface area contributed by atoms with Crippen LogP contribution in [0, 0.1) is 6.92 Å². The number of nitrogens with zero attached hydrogens (tertiary/aromatic N) is 3. The van der Waals surface area contributed by atoms with Gasteiger partial charge in [0.2, 0.25) is 10.0 Å². The normalized spacial score (nSPS) is 12.4. The number of benzene rings is 1. The minimum Gasteiger partial charge on any atom is -0.336 e. The SMILES string of the molecule is Cc1c(-c2cccc(S(=O)(=O)N(C)C)c2)c2ncccc2n1CC(F)=CCN.Cl. The molecule has 0 fully saturated rings. The molecule has 9 heteroatoms. The first-order chi connectivity index (χ1) is 13.3. The van der Waals surface area contributed by atoms with Crippen LogP contribution in [0.3, 0.4) is 0 Å². The molecule has 0 saturated heterocycles. The summed E-state index contributed by atoms with van der Waals surface area (Å²) >= 11 is 0. The van der Waals surface area contributed by atoms with Crippen molar-refractivity contribution in [3.05, 3.63) is 60.2 Å². The fraction of sp³-hybridized carbons (Fsp3) is 0.250. The van der Waals surface area contributed by atoms with Gasteiger partial charge in [-0.25, -0.2) is 17.1 Å². The zero-order valence-corrected chi connectivity index (χ0v) is 18.1. The third kappa shape index (κ3) is 4.35. The highest BCUT2D eigenvalue weighted by Crippen LogP contribution is 2.35. The molecule has 1 aromatic carbocycles. The molecule has 0 amide bonds. The molecule has 29 heavy (non-hydrogen) atoms. The van der Waals surface area contributed by atoms with Crippen LogP contribution >= 0.6 is 12.4 Å². The van der Waals surface area contributed by atoms with Crippen LogP contribution in [0.5, 0.6) is 0 Å². The lowest BCUT2D eigenvalue weighted by Crippen LogP contribution is -2.22. The number of pyridine rings is 1. The summed E-state index contributed by atoms with van der Waals surface area (Å²) in [5.41, 5.74) is 9.18. The molecule has 0 aliphatic rings. The molecule has 2 aromatic heterocycles. The molecule has 3 rings (SSSR count). The number of sulfonamides is 1. The van der Waals surface area contributed by atoms with E-state index in [1.807, 2.05) is 23.6 Å². The van der Waals surface area contributed by atoms with Gasteiger partial charge in [0.05, 0.1) is 22.5 Å². The molecule has 2 N–H and O–H groups in total. The Morgan fingerprint density at radius 3 is 2.66 bits per heavy atom. The zero-order chi connectivity index (χ0) is 20.5. The largest absolute Gasteiger partial charge is 0.336 e. The second kappa shape index (κ2) is 9.04. The van der Waals surface area contributed by atoms with Crippen LogP contribution in [-0.2, 0) is 16.6 Å². The molecule has 0 aliphatic heterocycles. The van der Waals surface area contributed by atoms with Crippen molar-refractivity contribution in [3.8, 4) is 11.1 Å². The average molecular weight is 439 g/mol. The second-order valence-corrected chi connectivity index (χ2v) is 8.77. The van der Waals surface area contributed by atoms with Gasteiger partial charge in [0, 0.05) is 38.1 Å². The van der Waals surface area contributed by atoms with Crippen LogP contribution in [0.4, 0.5) is 4.39 Å². The van der Waals surface area contributed by atoms with Crippen LogP contribution in [-0.4, -0.2) is 42.9 Å². The van der Waals surface area contributed by atoms with Crippen LogP contribution in [0.2, 0.25) is 0 Å². The maximum Gasteiger partial charge on any atom is 0.242 e. The topological polar surface area (TPSA) is 81.2 Å². The molecule has 2 heterocycles. The lowest BCUT2D eigenvalue weighted by molar-refractivity contribution is 0.521. The maximum absolute atomic E-state index is 14.2. The molecule has 0 unspecified atom stereocenters. The first-order valence-electron chi connectivity index (χ1n) is 8.78. The van der Waals surface area contributed by atoms with Gasteiger partial charge in [0.15, 0.2) is 0 Å². The quantitative estimate of drug-likeness (QED) is 0.638. The third-order valence-electron chi connectivity index (χ3n) is 4.63. The molecule has 0 spiro atoms. The summed E-state index contributed by atoms with van der Waals surface area (Å²) in [6, 6.07) is 10.4. The Bertz CT molecular complexity index is 1160. The van der Waals surface area contributed by atoms with E-state index < -0.39 is 10.0 Å². The first-order valence-corrected chi connectivity index (χ1v) is 10.2. The van der Waals surface area contributed by atoms with E-state index in [2.05, 4.69) is 4.98 Å². The van der Waals surface area contributed by atoms with Crippen molar-refractivity contribution in [3.63, 3.8) is 0 Å². The van der Waals surface area contributed by atoms with Crippen LogP contribution in [0.1, 0.15) is 5.69 Å². The van der Waals surface area contributed by atoms with Gasteiger partial charge in [0.25, 0.3) is 0 Å². The molecule has 3 aromatic rings. The molecule has 0 atom stereocenters. The number of allylic oxidation sites excluding steroid dienone is 1. The number of nitrogens with two attached hydrogens (primary N) is 1. The molecular formula is C20H24ClFN4O2S. The second-order valence-electron chi connectivity index (χ2n) is 6.62. The van der Waals surface area contributed by atoms with Crippen molar-refractivity contribution in [2.24, 2.45) is 5.73 Å². The average Bonchev–Trinajstić information content (AvgIpc) is 2.94. The first kappa shape index (κ1) is 23.0. The van der Waals surface area contributed by atoms with Crippen molar-refractivity contribution in [2.75, 3.05) is 20.6 Å². The number of hydrogen-bond donors (Lipinski definition) is 1. The lowest BCUT2D eigenvalue weighted by Gasteiger charge is -2.12. The van der Waals surface area contributed by atoms with Crippen LogP contribution in [0.15, 0.2) is 59.4 Å². The Labute approximate surface area is 176 Å². The fourth-order valence-corrected chi connectivity index (χ4v) is 4.16. The Morgan fingerprint density at radius 1 is 1.28 bits per heavy atom. The van der Waals surface area contributed by atoms with Crippen LogP contribution < -0.4 is 5.73 Å². The summed E-state index contributed by atoms with van der Waals surface area (Å²) in [7, 11) is -0.583. The minimum atomic E-state index is -3.57.